The van der Waals surface area contributed by atoms with Crippen molar-refractivity contribution in [1.82, 2.24) is 5.32 Å². The van der Waals surface area contributed by atoms with Gasteiger partial charge in [-0.2, -0.15) is 0 Å². The van der Waals surface area contributed by atoms with Crippen molar-refractivity contribution < 1.29 is 24.2 Å². The first kappa shape index (κ1) is 13.7. The van der Waals surface area contributed by atoms with Gasteiger partial charge in [-0.15, -0.1) is 0 Å². The number of benzene rings is 1. The Morgan fingerprint density at radius 2 is 1.78 bits per heavy atom. The van der Waals surface area contributed by atoms with Gasteiger partial charge in [0.25, 0.3) is 5.91 Å². The van der Waals surface area contributed by atoms with Crippen LogP contribution in [0.3, 0.4) is 0 Å². The lowest BCUT2D eigenvalue weighted by molar-refractivity contribution is -0.142. The highest BCUT2D eigenvalue weighted by Gasteiger charge is 2.20. The van der Waals surface area contributed by atoms with Crippen LogP contribution in [-0.2, 0) is 9.53 Å². The molecule has 0 radical (unpaired) electrons. The van der Waals surface area contributed by atoms with Gasteiger partial charge in [0, 0.05) is 0 Å². The zero-order valence-electron chi connectivity index (χ0n) is 9.97. The van der Waals surface area contributed by atoms with Gasteiger partial charge in [0.1, 0.15) is 6.04 Å². The van der Waals surface area contributed by atoms with E-state index in [0.29, 0.717) is 0 Å². The Morgan fingerprint density at radius 1 is 1.22 bits per heavy atom. The lowest BCUT2D eigenvalue weighted by Crippen LogP contribution is -2.39. The predicted molar refractivity (Wildman–Crippen MR) is 62.3 cm³/mol. The average Bonchev–Trinajstić information content (AvgIpc) is 2.37. The van der Waals surface area contributed by atoms with E-state index in [1.165, 1.54) is 32.2 Å². The van der Waals surface area contributed by atoms with Crippen molar-refractivity contribution in [2.45, 2.75) is 13.0 Å². The first-order chi connectivity index (χ1) is 8.47. The molecule has 2 N–H and O–H groups in total. The quantitative estimate of drug-likeness (QED) is 0.767. The summed E-state index contributed by atoms with van der Waals surface area (Å²) in [5.41, 5.74) is -0.118. The Balaban J connectivity index is 2.91. The molecule has 0 heterocycles. The molecule has 0 aliphatic heterocycles. The number of aromatic carboxylic acids is 1. The summed E-state index contributed by atoms with van der Waals surface area (Å²) in [5.74, 6) is -2.44. The minimum absolute atomic E-state index is 0.000697. The van der Waals surface area contributed by atoms with Crippen LogP contribution in [0.1, 0.15) is 27.6 Å². The van der Waals surface area contributed by atoms with Crippen LogP contribution < -0.4 is 5.32 Å². The van der Waals surface area contributed by atoms with Gasteiger partial charge < -0.3 is 15.2 Å². The number of amides is 1. The summed E-state index contributed by atoms with van der Waals surface area (Å²) in [6.45, 7) is 1.45. The number of carboxylic acids is 1. The zero-order valence-corrected chi connectivity index (χ0v) is 9.97. The zero-order chi connectivity index (χ0) is 13.7. The molecule has 18 heavy (non-hydrogen) atoms. The topological polar surface area (TPSA) is 92.7 Å². The molecule has 0 aromatic heterocycles. The van der Waals surface area contributed by atoms with Gasteiger partial charge in [0.15, 0.2) is 0 Å². The number of esters is 1. The normalized spacial score (nSPS) is 11.4. The van der Waals surface area contributed by atoms with Crippen LogP contribution in [0.4, 0.5) is 0 Å². The van der Waals surface area contributed by atoms with E-state index in [9.17, 15) is 14.4 Å². The standard InChI is InChI=1S/C12H13NO5/c1-7(12(17)18-2)13-10(14)8-5-3-4-6-9(8)11(15)16/h3-7H,1-2H3,(H,13,14)(H,15,16). The van der Waals surface area contributed by atoms with E-state index >= 15 is 0 Å². The van der Waals surface area contributed by atoms with Crippen LogP contribution in [-0.4, -0.2) is 36.1 Å². The highest BCUT2D eigenvalue weighted by atomic mass is 16.5. The van der Waals surface area contributed by atoms with Gasteiger partial charge in [0.2, 0.25) is 0 Å². The molecule has 1 aromatic carbocycles. The molecule has 1 atom stereocenters. The summed E-state index contributed by atoms with van der Waals surface area (Å²) >= 11 is 0. The summed E-state index contributed by atoms with van der Waals surface area (Å²) < 4.78 is 4.46. The van der Waals surface area contributed by atoms with Crippen molar-refractivity contribution in [2.75, 3.05) is 7.11 Å². The van der Waals surface area contributed by atoms with Gasteiger partial charge >= 0.3 is 11.9 Å². The van der Waals surface area contributed by atoms with E-state index < -0.39 is 23.9 Å². The lowest BCUT2D eigenvalue weighted by Gasteiger charge is -2.12. The van der Waals surface area contributed by atoms with E-state index in [1.54, 1.807) is 6.07 Å². The molecule has 1 rings (SSSR count). The van der Waals surface area contributed by atoms with Crippen molar-refractivity contribution in [3.05, 3.63) is 35.4 Å². The fourth-order valence-corrected chi connectivity index (χ4v) is 1.38. The fourth-order valence-electron chi connectivity index (χ4n) is 1.38. The van der Waals surface area contributed by atoms with E-state index in [2.05, 4.69) is 10.1 Å². The molecular weight excluding hydrogens is 238 g/mol. The molecule has 0 spiro atoms. The summed E-state index contributed by atoms with van der Waals surface area (Å²) in [4.78, 5) is 33.9. The van der Waals surface area contributed by atoms with Crippen molar-refractivity contribution >= 4 is 17.8 Å². The third kappa shape index (κ3) is 3.07. The minimum atomic E-state index is -1.20. The maximum atomic E-state index is 11.8. The Kier molecular flexibility index (Phi) is 4.42. The number of carboxylic acid groups (broad SMARTS) is 1. The molecule has 0 aliphatic carbocycles. The number of rotatable bonds is 4. The number of hydrogen-bond acceptors (Lipinski definition) is 4. The molecule has 96 valence electrons. The van der Waals surface area contributed by atoms with Crippen molar-refractivity contribution in [3.8, 4) is 0 Å². The molecule has 1 aromatic rings. The van der Waals surface area contributed by atoms with E-state index in [4.69, 9.17) is 5.11 Å². The number of carbonyl (C=O) groups is 3. The second-order valence-corrected chi connectivity index (χ2v) is 3.57. The summed E-state index contributed by atoms with van der Waals surface area (Å²) in [6.07, 6.45) is 0. The van der Waals surface area contributed by atoms with Crippen LogP contribution >= 0.6 is 0 Å². The van der Waals surface area contributed by atoms with Crippen molar-refractivity contribution in [1.29, 1.82) is 0 Å². The molecule has 6 nitrogen and oxygen atoms in total. The number of carbonyl (C=O) groups excluding carboxylic acids is 2. The average molecular weight is 251 g/mol. The minimum Gasteiger partial charge on any atom is -0.478 e. The maximum absolute atomic E-state index is 11.8. The van der Waals surface area contributed by atoms with E-state index in [1.807, 2.05) is 0 Å². The monoisotopic (exact) mass is 251 g/mol. The van der Waals surface area contributed by atoms with Crippen LogP contribution in [0.5, 0.6) is 0 Å². The predicted octanol–water partition coefficient (Wildman–Crippen LogP) is 0.676. The highest BCUT2D eigenvalue weighted by Crippen LogP contribution is 2.09. The first-order valence-corrected chi connectivity index (χ1v) is 5.18. The second-order valence-electron chi connectivity index (χ2n) is 3.57. The molecule has 0 aliphatic rings. The molecular formula is C12H13NO5. The fraction of sp³-hybridized carbons (Fsp3) is 0.250. The molecule has 0 saturated heterocycles. The van der Waals surface area contributed by atoms with Crippen LogP contribution in [0.25, 0.3) is 0 Å². The van der Waals surface area contributed by atoms with Gasteiger partial charge in [0.05, 0.1) is 18.2 Å². The number of ether oxygens (including phenoxy) is 1. The van der Waals surface area contributed by atoms with Crippen LogP contribution in [0, 0.1) is 0 Å². The first-order valence-electron chi connectivity index (χ1n) is 5.18. The Bertz CT molecular complexity index is 483. The van der Waals surface area contributed by atoms with E-state index in [-0.39, 0.29) is 11.1 Å². The smallest absolute Gasteiger partial charge is 0.336 e. The number of nitrogens with one attached hydrogen (secondary N) is 1. The number of methoxy groups -OCH3 is 1. The Morgan fingerprint density at radius 3 is 2.28 bits per heavy atom. The van der Waals surface area contributed by atoms with Crippen molar-refractivity contribution in [2.24, 2.45) is 0 Å². The summed E-state index contributed by atoms with van der Waals surface area (Å²) in [7, 11) is 1.20. The molecule has 1 unspecified atom stereocenters. The third-order valence-electron chi connectivity index (χ3n) is 2.30. The molecule has 0 fully saturated rings. The van der Waals surface area contributed by atoms with Gasteiger partial charge in [-0.25, -0.2) is 9.59 Å². The van der Waals surface area contributed by atoms with Crippen LogP contribution in [0.15, 0.2) is 24.3 Å². The molecule has 6 heteroatoms. The van der Waals surface area contributed by atoms with Gasteiger partial charge in [-0.05, 0) is 19.1 Å². The molecule has 0 saturated carbocycles. The Hall–Kier alpha value is -2.37. The third-order valence-corrected chi connectivity index (χ3v) is 2.30. The van der Waals surface area contributed by atoms with Crippen molar-refractivity contribution in [3.63, 3.8) is 0 Å². The molecule has 1 amide bonds. The van der Waals surface area contributed by atoms with E-state index in [0.717, 1.165) is 0 Å². The van der Waals surface area contributed by atoms with Crippen LogP contribution in [0.2, 0.25) is 0 Å². The largest absolute Gasteiger partial charge is 0.478 e. The summed E-state index contributed by atoms with van der Waals surface area (Å²) in [6, 6.07) is 4.92. The molecule has 0 bridgehead atoms. The second kappa shape index (κ2) is 5.81. The maximum Gasteiger partial charge on any atom is 0.336 e. The Labute approximate surface area is 104 Å². The highest BCUT2D eigenvalue weighted by molar-refractivity contribution is 6.05. The SMILES string of the molecule is COC(=O)C(C)NC(=O)c1ccccc1C(=O)O. The number of hydrogen-bond donors (Lipinski definition) is 2. The van der Waals surface area contributed by atoms with Gasteiger partial charge in [-0.3, -0.25) is 4.79 Å². The lowest BCUT2D eigenvalue weighted by atomic mass is 10.1. The van der Waals surface area contributed by atoms with Gasteiger partial charge in [-0.1, -0.05) is 12.1 Å². The summed E-state index contributed by atoms with van der Waals surface area (Å²) in [5, 5.41) is 11.3.